The minimum absolute atomic E-state index is 0.175. The molecule has 1 heterocycles. The van der Waals surface area contributed by atoms with Gasteiger partial charge in [-0.05, 0) is 30.9 Å². The Bertz CT molecular complexity index is 394. The molecule has 2 rings (SSSR count). The van der Waals surface area contributed by atoms with Crippen LogP contribution in [0.5, 0.6) is 0 Å². The van der Waals surface area contributed by atoms with E-state index in [9.17, 15) is 13.2 Å². The number of halogens is 4. The molecule has 0 spiro atoms. The van der Waals surface area contributed by atoms with Crippen molar-refractivity contribution in [1.82, 2.24) is 10.2 Å². The predicted octanol–water partition coefficient (Wildman–Crippen LogP) is 3.31. The standard InChI is InChI=1S/C11H13ClF3N3/c12-6-7-2-1-3-8(7)16-10-5-4-9(17-18-10)11(13,14)15/h4-5,7-8H,1-3,6H2,(H,16,18). The third kappa shape index (κ3) is 3.04. The topological polar surface area (TPSA) is 37.8 Å². The Morgan fingerprint density at radius 1 is 1.28 bits per heavy atom. The number of anilines is 1. The van der Waals surface area contributed by atoms with Crippen molar-refractivity contribution >= 4 is 17.4 Å². The Labute approximate surface area is 108 Å². The fraction of sp³-hybridized carbons (Fsp3) is 0.636. The number of alkyl halides is 4. The highest BCUT2D eigenvalue weighted by atomic mass is 35.5. The highest BCUT2D eigenvalue weighted by Crippen LogP contribution is 2.30. The Morgan fingerprint density at radius 2 is 2.06 bits per heavy atom. The van der Waals surface area contributed by atoms with Crippen molar-refractivity contribution in [1.29, 1.82) is 0 Å². The number of nitrogens with zero attached hydrogens (tertiary/aromatic N) is 2. The second-order valence-corrected chi connectivity index (χ2v) is 4.71. The fourth-order valence-corrected chi connectivity index (χ4v) is 2.53. The molecule has 18 heavy (non-hydrogen) atoms. The molecule has 1 aliphatic carbocycles. The summed E-state index contributed by atoms with van der Waals surface area (Å²) in [7, 11) is 0. The lowest BCUT2D eigenvalue weighted by atomic mass is 10.1. The predicted molar refractivity (Wildman–Crippen MR) is 62.5 cm³/mol. The Balaban J connectivity index is 2.02. The number of nitrogens with one attached hydrogen (secondary N) is 1. The quantitative estimate of drug-likeness (QED) is 0.863. The monoisotopic (exact) mass is 279 g/mol. The molecule has 2 unspecified atom stereocenters. The average Bonchev–Trinajstić information content (AvgIpc) is 2.76. The van der Waals surface area contributed by atoms with Gasteiger partial charge in [-0.25, -0.2) is 0 Å². The molecule has 0 bridgehead atoms. The van der Waals surface area contributed by atoms with Crippen molar-refractivity contribution in [2.45, 2.75) is 31.5 Å². The lowest BCUT2D eigenvalue weighted by molar-refractivity contribution is -0.141. The highest BCUT2D eigenvalue weighted by molar-refractivity contribution is 6.18. The molecule has 0 aromatic carbocycles. The van der Waals surface area contributed by atoms with Crippen LogP contribution < -0.4 is 5.32 Å². The zero-order valence-corrected chi connectivity index (χ0v) is 10.3. The van der Waals surface area contributed by atoms with E-state index in [-0.39, 0.29) is 6.04 Å². The summed E-state index contributed by atoms with van der Waals surface area (Å²) in [5, 5.41) is 9.82. The van der Waals surface area contributed by atoms with Gasteiger partial charge in [0.05, 0.1) is 0 Å². The first kappa shape index (κ1) is 13.4. The molecular formula is C11H13ClF3N3. The largest absolute Gasteiger partial charge is 0.435 e. The van der Waals surface area contributed by atoms with Crippen LogP contribution in [0.2, 0.25) is 0 Å². The lowest BCUT2D eigenvalue weighted by Gasteiger charge is -2.19. The molecule has 1 aromatic heterocycles. The average molecular weight is 280 g/mol. The maximum Gasteiger partial charge on any atom is 0.435 e. The number of rotatable bonds is 3. The molecule has 1 saturated carbocycles. The molecule has 1 aromatic rings. The zero-order chi connectivity index (χ0) is 13.2. The van der Waals surface area contributed by atoms with E-state index in [1.165, 1.54) is 6.07 Å². The van der Waals surface area contributed by atoms with E-state index in [0.29, 0.717) is 17.6 Å². The van der Waals surface area contributed by atoms with Crippen molar-refractivity contribution in [3.05, 3.63) is 17.8 Å². The van der Waals surface area contributed by atoms with Crippen LogP contribution in [0.15, 0.2) is 12.1 Å². The van der Waals surface area contributed by atoms with Crippen molar-refractivity contribution in [2.75, 3.05) is 11.2 Å². The van der Waals surface area contributed by atoms with Crippen molar-refractivity contribution in [2.24, 2.45) is 5.92 Å². The third-order valence-electron chi connectivity index (χ3n) is 3.15. The number of hydrogen-bond donors (Lipinski definition) is 1. The van der Waals surface area contributed by atoms with E-state index in [4.69, 9.17) is 11.6 Å². The molecule has 7 heteroatoms. The van der Waals surface area contributed by atoms with Crippen LogP contribution in [0.4, 0.5) is 19.0 Å². The molecular weight excluding hydrogens is 267 g/mol. The van der Waals surface area contributed by atoms with Crippen LogP contribution in [0.3, 0.4) is 0 Å². The summed E-state index contributed by atoms with van der Waals surface area (Å²) in [4.78, 5) is 0. The van der Waals surface area contributed by atoms with Crippen LogP contribution in [0.1, 0.15) is 25.0 Å². The van der Waals surface area contributed by atoms with E-state index in [0.717, 1.165) is 25.3 Å². The van der Waals surface area contributed by atoms with Gasteiger partial charge in [-0.15, -0.1) is 21.8 Å². The molecule has 1 aliphatic rings. The van der Waals surface area contributed by atoms with Crippen LogP contribution in [0.25, 0.3) is 0 Å². The summed E-state index contributed by atoms with van der Waals surface area (Å²) in [6.07, 6.45) is -1.38. The summed E-state index contributed by atoms with van der Waals surface area (Å²) in [6.45, 7) is 0. The van der Waals surface area contributed by atoms with Gasteiger partial charge < -0.3 is 5.32 Å². The van der Waals surface area contributed by atoms with Crippen LogP contribution in [-0.4, -0.2) is 22.1 Å². The summed E-state index contributed by atoms with van der Waals surface area (Å²) >= 11 is 5.83. The maximum absolute atomic E-state index is 12.3. The van der Waals surface area contributed by atoms with Crippen LogP contribution in [-0.2, 0) is 6.18 Å². The molecule has 0 saturated heterocycles. The summed E-state index contributed by atoms with van der Waals surface area (Å²) in [5.74, 6) is 1.26. The van der Waals surface area contributed by atoms with Crippen molar-refractivity contribution < 1.29 is 13.2 Å². The van der Waals surface area contributed by atoms with E-state index in [2.05, 4.69) is 15.5 Å². The van der Waals surface area contributed by atoms with E-state index >= 15 is 0 Å². The molecule has 0 amide bonds. The summed E-state index contributed by atoms with van der Waals surface area (Å²) < 4.78 is 36.9. The summed E-state index contributed by atoms with van der Waals surface area (Å²) in [6, 6.07) is 2.41. The Morgan fingerprint density at radius 3 is 2.61 bits per heavy atom. The first-order chi connectivity index (χ1) is 8.50. The molecule has 0 radical (unpaired) electrons. The van der Waals surface area contributed by atoms with Gasteiger partial charge in [0.2, 0.25) is 0 Å². The zero-order valence-electron chi connectivity index (χ0n) is 9.54. The SMILES string of the molecule is FC(F)(F)c1ccc(NC2CCCC2CCl)nn1. The van der Waals surface area contributed by atoms with E-state index < -0.39 is 11.9 Å². The van der Waals surface area contributed by atoms with Crippen LogP contribution >= 0.6 is 11.6 Å². The lowest BCUT2D eigenvalue weighted by Crippen LogP contribution is -2.25. The molecule has 0 aliphatic heterocycles. The second kappa shape index (κ2) is 5.30. The molecule has 1 fully saturated rings. The molecule has 2 atom stereocenters. The summed E-state index contributed by atoms with van der Waals surface area (Å²) in [5.41, 5.74) is -0.978. The molecule has 3 nitrogen and oxygen atoms in total. The van der Waals surface area contributed by atoms with Gasteiger partial charge in [0.25, 0.3) is 0 Å². The minimum Gasteiger partial charge on any atom is -0.366 e. The minimum atomic E-state index is -4.45. The van der Waals surface area contributed by atoms with Crippen molar-refractivity contribution in [3.63, 3.8) is 0 Å². The fourth-order valence-electron chi connectivity index (χ4n) is 2.16. The Hall–Kier alpha value is -1.04. The van der Waals surface area contributed by atoms with Crippen LogP contribution in [0, 0.1) is 5.92 Å². The number of hydrogen-bond acceptors (Lipinski definition) is 3. The maximum atomic E-state index is 12.3. The van der Waals surface area contributed by atoms with Gasteiger partial charge in [-0.1, -0.05) is 6.42 Å². The molecule has 100 valence electrons. The van der Waals surface area contributed by atoms with E-state index in [1.54, 1.807) is 0 Å². The third-order valence-corrected chi connectivity index (χ3v) is 3.54. The second-order valence-electron chi connectivity index (χ2n) is 4.40. The van der Waals surface area contributed by atoms with Gasteiger partial charge in [0.1, 0.15) is 5.82 Å². The van der Waals surface area contributed by atoms with Gasteiger partial charge in [0, 0.05) is 11.9 Å². The van der Waals surface area contributed by atoms with Gasteiger partial charge in [0.15, 0.2) is 5.69 Å². The van der Waals surface area contributed by atoms with E-state index in [1.807, 2.05) is 0 Å². The van der Waals surface area contributed by atoms with Gasteiger partial charge in [-0.3, -0.25) is 0 Å². The Kier molecular flexibility index (Phi) is 3.94. The van der Waals surface area contributed by atoms with Gasteiger partial charge >= 0.3 is 6.18 Å². The van der Waals surface area contributed by atoms with Gasteiger partial charge in [-0.2, -0.15) is 13.2 Å². The first-order valence-electron chi connectivity index (χ1n) is 5.74. The van der Waals surface area contributed by atoms with Crippen molar-refractivity contribution in [3.8, 4) is 0 Å². The smallest absolute Gasteiger partial charge is 0.366 e. The highest BCUT2D eigenvalue weighted by Gasteiger charge is 2.33. The normalized spacial score (nSPS) is 24.2. The first-order valence-corrected chi connectivity index (χ1v) is 6.27. The number of aromatic nitrogens is 2. The molecule has 1 N–H and O–H groups in total.